The zero-order valence-electron chi connectivity index (χ0n) is 16.7. The van der Waals surface area contributed by atoms with Gasteiger partial charge in [0.25, 0.3) is 5.91 Å². The zero-order valence-corrected chi connectivity index (χ0v) is 16.7. The Bertz CT molecular complexity index is 1010. The minimum absolute atomic E-state index is 0.1000. The first-order chi connectivity index (χ1) is 14.6. The standard InChI is InChI=1S/C23H22N2O5/c1-3-28-20-14-8-7-13-19(20)25-21(26)16(2)29-23(27)18-12-9-15-24-22(18)30-17-10-5-4-6-11-17/h4-16H,3H2,1-2H3,(H,25,26). The number of pyridine rings is 1. The smallest absolute Gasteiger partial charge is 0.344 e. The molecule has 1 unspecified atom stereocenters. The molecule has 7 nitrogen and oxygen atoms in total. The van der Waals surface area contributed by atoms with Gasteiger partial charge in [-0.3, -0.25) is 4.79 Å². The second-order valence-electron chi connectivity index (χ2n) is 6.24. The van der Waals surface area contributed by atoms with Gasteiger partial charge in [0, 0.05) is 6.20 Å². The number of hydrogen-bond acceptors (Lipinski definition) is 6. The van der Waals surface area contributed by atoms with Crippen molar-refractivity contribution in [2.45, 2.75) is 20.0 Å². The topological polar surface area (TPSA) is 86.8 Å². The molecule has 0 fully saturated rings. The molecule has 30 heavy (non-hydrogen) atoms. The Labute approximate surface area is 174 Å². The van der Waals surface area contributed by atoms with E-state index < -0.39 is 18.0 Å². The average molecular weight is 406 g/mol. The summed E-state index contributed by atoms with van der Waals surface area (Å²) in [4.78, 5) is 29.3. The largest absolute Gasteiger partial charge is 0.492 e. The summed E-state index contributed by atoms with van der Waals surface area (Å²) in [7, 11) is 0. The van der Waals surface area contributed by atoms with Crippen LogP contribution in [0, 0.1) is 0 Å². The number of ether oxygens (including phenoxy) is 3. The van der Waals surface area contributed by atoms with Crippen LogP contribution < -0.4 is 14.8 Å². The van der Waals surface area contributed by atoms with Crippen LogP contribution in [0.4, 0.5) is 5.69 Å². The van der Waals surface area contributed by atoms with Crippen LogP contribution in [0.15, 0.2) is 72.9 Å². The van der Waals surface area contributed by atoms with Crippen molar-refractivity contribution in [3.63, 3.8) is 0 Å². The number of aromatic nitrogens is 1. The normalized spacial score (nSPS) is 11.3. The Morgan fingerprint density at radius 3 is 2.50 bits per heavy atom. The molecule has 1 N–H and O–H groups in total. The van der Waals surface area contributed by atoms with Gasteiger partial charge in [-0.05, 0) is 50.2 Å². The first-order valence-electron chi connectivity index (χ1n) is 9.50. The maximum Gasteiger partial charge on any atom is 0.344 e. The summed E-state index contributed by atoms with van der Waals surface area (Å²) >= 11 is 0. The average Bonchev–Trinajstić information content (AvgIpc) is 2.76. The third-order valence-corrected chi connectivity index (χ3v) is 4.05. The van der Waals surface area contributed by atoms with Gasteiger partial charge in [-0.2, -0.15) is 0 Å². The van der Waals surface area contributed by atoms with E-state index in [0.29, 0.717) is 23.8 Å². The Morgan fingerprint density at radius 2 is 1.73 bits per heavy atom. The Morgan fingerprint density at radius 1 is 1.00 bits per heavy atom. The minimum atomic E-state index is -1.04. The van der Waals surface area contributed by atoms with Crippen molar-refractivity contribution in [1.82, 2.24) is 4.98 Å². The zero-order chi connectivity index (χ0) is 21.3. The number of para-hydroxylation sites is 3. The fourth-order valence-corrected chi connectivity index (χ4v) is 2.59. The second-order valence-corrected chi connectivity index (χ2v) is 6.24. The van der Waals surface area contributed by atoms with Crippen LogP contribution in [0.1, 0.15) is 24.2 Å². The molecule has 3 rings (SSSR count). The summed E-state index contributed by atoms with van der Waals surface area (Å²) in [5.41, 5.74) is 0.623. The monoisotopic (exact) mass is 406 g/mol. The molecule has 0 saturated carbocycles. The predicted octanol–water partition coefficient (Wildman–Crippen LogP) is 4.46. The van der Waals surface area contributed by atoms with Crippen LogP contribution in [0.3, 0.4) is 0 Å². The fraction of sp³-hybridized carbons (Fsp3) is 0.174. The molecule has 1 atom stereocenters. The van der Waals surface area contributed by atoms with E-state index in [4.69, 9.17) is 14.2 Å². The van der Waals surface area contributed by atoms with Crippen LogP contribution in [0.25, 0.3) is 0 Å². The SMILES string of the molecule is CCOc1ccccc1NC(=O)C(C)OC(=O)c1cccnc1Oc1ccccc1. The number of hydrogen-bond donors (Lipinski definition) is 1. The van der Waals surface area contributed by atoms with Crippen molar-refractivity contribution in [3.8, 4) is 17.4 Å². The molecule has 0 aliphatic carbocycles. The highest BCUT2D eigenvalue weighted by molar-refractivity contribution is 5.98. The molecule has 0 spiro atoms. The molecular weight excluding hydrogens is 384 g/mol. The van der Waals surface area contributed by atoms with Crippen molar-refractivity contribution < 1.29 is 23.8 Å². The van der Waals surface area contributed by atoms with Gasteiger partial charge in [-0.25, -0.2) is 9.78 Å². The van der Waals surface area contributed by atoms with Gasteiger partial charge in [-0.15, -0.1) is 0 Å². The minimum Gasteiger partial charge on any atom is -0.492 e. The van der Waals surface area contributed by atoms with E-state index in [1.54, 1.807) is 42.5 Å². The van der Waals surface area contributed by atoms with E-state index in [-0.39, 0.29) is 11.4 Å². The molecule has 1 amide bonds. The summed E-state index contributed by atoms with van der Waals surface area (Å²) < 4.78 is 16.5. The van der Waals surface area contributed by atoms with Gasteiger partial charge < -0.3 is 19.5 Å². The summed E-state index contributed by atoms with van der Waals surface area (Å²) in [6, 6.07) is 19.1. The van der Waals surface area contributed by atoms with E-state index in [1.807, 2.05) is 25.1 Å². The molecule has 2 aromatic carbocycles. The van der Waals surface area contributed by atoms with Crippen molar-refractivity contribution in [3.05, 3.63) is 78.5 Å². The lowest BCUT2D eigenvalue weighted by atomic mass is 10.2. The molecule has 154 valence electrons. The highest BCUT2D eigenvalue weighted by Crippen LogP contribution is 2.25. The Hall–Kier alpha value is -3.87. The number of nitrogens with one attached hydrogen (secondary N) is 1. The maximum atomic E-state index is 12.6. The molecule has 0 bridgehead atoms. The lowest BCUT2D eigenvalue weighted by molar-refractivity contribution is -0.123. The molecule has 0 saturated heterocycles. The van der Waals surface area contributed by atoms with E-state index in [0.717, 1.165) is 0 Å². The first kappa shape index (κ1) is 20.9. The molecule has 0 radical (unpaired) electrons. The van der Waals surface area contributed by atoms with Crippen LogP contribution in [0.5, 0.6) is 17.4 Å². The van der Waals surface area contributed by atoms with Crippen molar-refractivity contribution >= 4 is 17.6 Å². The first-order valence-corrected chi connectivity index (χ1v) is 9.50. The fourth-order valence-electron chi connectivity index (χ4n) is 2.59. The van der Waals surface area contributed by atoms with Gasteiger partial charge in [0.15, 0.2) is 6.10 Å². The second kappa shape index (κ2) is 10.1. The highest BCUT2D eigenvalue weighted by Gasteiger charge is 2.23. The van der Waals surface area contributed by atoms with Crippen molar-refractivity contribution in [2.24, 2.45) is 0 Å². The predicted molar refractivity (Wildman–Crippen MR) is 112 cm³/mol. The van der Waals surface area contributed by atoms with Crippen LogP contribution >= 0.6 is 0 Å². The Kier molecular flexibility index (Phi) is 7.00. The van der Waals surface area contributed by atoms with Crippen LogP contribution in [0.2, 0.25) is 0 Å². The lowest BCUT2D eigenvalue weighted by Crippen LogP contribution is -2.30. The summed E-state index contributed by atoms with van der Waals surface area (Å²) in [5.74, 6) is -0.0241. The molecule has 0 aliphatic rings. The van der Waals surface area contributed by atoms with Gasteiger partial charge in [0.05, 0.1) is 12.3 Å². The highest BCUT2D eigenvalue weighted by atomic mass is 16.6. The van der Waals surface area contributed by atoms with E-state index >= 15 is 0 Å². The molecule has 0 aliphatic heterocycles. The van der Waals surface area contributed by atoms with Crippen molar-refractivity contribution in [2.75, 3.05) is 11.9 Å². The number of amides is 1. The number of anilines is 1. The summed E-state index contributed by atoms with van der Waals surface area (Å²) in [6.07, 6.45) is 0.465. The molecular formula is C23H22N2O5. The summed E-state index contributed by atoms with van der Waals surface area (Å²) in [5, 5.41) is 2.72. The number of carbonyl (C=O) groups is 2. The molecule has 3 aromatic rings. The lowest BCUT2D eigenvalue weighted by Gasteiger charge is -2.16. The number of esters is 1. The van der Waals surface area contributed by atoms with Gasteiger partial charge in [0.2, 0.25) is 5.88 Å². The van der Waals surface area contributed by atoms with Crippen LogP contribution in [-0.4, -0.2) is 29.6 Å². The third kappa shape index (κ3) is 5.35. The van der Waals surface area contributed by atoms with Crippen LogP contribution in [-0.2, 0) is 9.53 Å². The third-order valence-electron chi connectivity index (χ3n) is 4.05. The number of benzene rings is 2. The maximum absolute atomic E-state index is 12.6. The van der Waals surface area contributed by atoms with Crippen molar-refractivity contribution in [1.29, 1.82) is 0 Å². The number of rotatable bonds is 8. The van der Waals surface area contributed by atoms with Gasteiger partial charge in [0.1, 0.15) is 17.1 Å². The molecule has 7 heteroatoms. The van der Waals surface area contributed by atoms with Gasteiger partial charge in [-0.1, -0.05) is 30.3 Å². The number of nitrogens with zero attached hydrogens (tertiary/aromatic N) is 1. The van der Waals surface area contributed by atoms with E-state index in [9.17, 15) is 9.59 Å². The van der Waals surface area contributed by atoms with E-state index in [2.05, 4.69) is 10.3 Å². The Balaban J connectivity index is 1.68. The number of carbonyl (C=O) groups excluding carboxylic acids is 2. The quantitative estimate of drug-likeness (QED) is 0.556. The summed E-state index contributed by atoms with van der Waals surface area (Å²) in [6.45, 7) is 3.80. The molecule has 1 heterocycles. The van der Waals surface area contributed by atoms with Gasteiger partial charge >= 0.3 is 5.97 Å². The molecule has 1 aromatic heterocycles. The van der Waals surface area contributed by atoms with E-state index in [1.165, 1.54) is 19.2 Å².